The van der Waals surface area contributed by atoms with E-state index in [1.165, 1.54) is 12.1 Å². The summed E-state index contributed by atoms with van der Waals surface area (Å²) < 4.78 is 14.6. The Kier molecular flexibility index (Phi) is 6.24. The summed E-state index contributed by atoms with van der Waals surface area (Å²) in [5, 5.41) is 7.94. The fraction of sp³-hybridized carbons (Fsp3) is 0.130. The summed E-state index contributed by atoms with van der Waals surface area (Å²) in [6.07, 6.45) is 0. The van der Waals surface area contributed by atoms with Crippen LogP contribution in [0.2, 0.25) is 0 Å². The summed E-state index contributed by atoms with van der Waals surface area (Å²) in [6, 6.07) is 18.6. The maximum absolute atomic E-state index is 14.6. The van der Waals surface area contributed by atoms with Gasteiger partial charge >= 0.3 is 6.03 Å². The van der Waals surface area contributed by atoms with Crippen molar-refractivity contribution in [2.75, 3.05) is 17.2 Å². The van der Waals surface area contributed by atoms with Crippen LogP contribution in [0.1, 0.15) is 22.8 Å². The van der Waals surface area contributed by atoms with Crippen molar-refractivity contribution in [1.82, 2.24) is 5.32 Å². The van der Waals surface area contributed by atoms with Crippen LogP contribution in [0.5, 0.6) is 0 Å². The molecule has 3 rings (SSSR count). The van der Waals surface area contributed by atoms with E-state index in [4.69, 9.17) is 0 Å². The van der Waals surface area contributed by atoms with E-state index in [9.17, 15) is 14.0 Å². The molecule has 0 unspecified atom stereocenters. The minimum Gasteiger partial charge on any atom is -0.338 e. The first-order chi connectivity index (χ1) is 14.0. The summed E-state index contributed by atoms with van der Waals surface area (Å²) in [6.45, 7) is 4.30. The monoisotopic (exact) mass is 391 g/mol. The van der Waals surface area contributed by atoms with Gasteiger partial charge in [-0.15, -0.1) is 0 Å². The molecule has 3 aromatic rings. The lowest BCUT2D eigenvalue weighted by Crippen LogP contribution is -2.28. The summed E-state index contributed by atoms with van der Waals surface area (Å²) in [5.41, 5.74) is 3.62. The summed E-state index contributed by atoms with van der Waals surface area (Å²) in [7, 11) is 0. The molecule has 0 saturated carbocycles. The van der Waals surface area contributed by atoms with Crippen LogP contribution in [0.4, 0.5) is 20.6 Å². The molecule has 3 aromatic carbocycles. The maximum atomic E-state index is 14.6. The number of urea groups is 1. The maximum Gasteiger partial charge on any atom is 0.319 e. The minimum atomic E-state index is -0.600. The Morgan fingerprint density at radius 2 is 1.52 bits per heavy atom. The SMILES string of the molecule is CCNC(=O)Nc1cccc(NC(=O)c2ccc(-c3ccc(C)cc3)cc2F)c1. The molecule has 0 spiro atoms. The standard InChI is InChI=1S/C23H22FN3O2/c1-3-25-23(29)27-19-6-4-5-18(14-19)26-22(28)20-12-11-17(13-21(20)24)16-9-7-15(2)8-10-16/h4-14H,3H2,1-2H3,(H,26,28)(H2,25,27,29). The lowest BCUT2D eigenvalue weighted by atomic mass is 10.0. The van der Waals surface area contributed by atoms with Gasteiger partial charge in [0.1, 0.15) is 5.82 Å². The molecule has 0 saturated heterocycles. The van der Waals surface area contributed by atoms with Gasteiger partial charge in [-0.25, -0.2) is 9.18 Å². The highest BCUT2D eigenvalue weighted by molar-refractivity contribution is 6.05. The van der Waals surface area contributed by atoms with Crippen LogP contribution in [0.15, 0.2) is 66.7 Å². The second kappa shape index (κ2) is 9.01. The number of carbonyl (C=O) groups is 2. The second-order valence-electron chi connectivity index (χ2n) is 6.58. The Hall–Kier alpha value is -3.67. The third-order valence-corrected chi connectivity index (χ3v) is 4.31. The van der Waals surface area contributed by atoms with Crippen molar-refractivity contribution in [3.63, 3.8) is 0 Å². The molecule has 3 N–H and O–H groups in total. The van der Waals surface area contributed by atoms with E-state index in [1.54, 1.807) is 30.3 Å². The highest BCUT2D eigenvalue weighted by atomic mass is 19.1. The molecular weight excluding hydrogens is 369 g/mol. The first kappa shape index (κ1) is 20.1. The molecular formula is C23H22FN3O2. The molecule has 3 amide bonds. The van der Waals surface area contributed by atoms with Gasteiger partial charge < -0.3 is 16.0 Å². The predicted octanol–water partition coefficient (Wildman–Crippen LogP) is 5.19. The van der Waals surface area contributed by atoms with Gasteiger partial charge in [-0.05, 0) is 55.3 Å². The van der Waals surface area contributed by atoms with Crippen molar-refractivity contribution in [3.05, 3.63) is 83.7 Å². The van der Waals surface area contributed by atoms with E-state index in [0.29, 0.717) is 23.5 Å². The summed E-state index contributed by atoms with van der Waals surface area (Å²) >= 11 is 0. The first-order valence-electron chi connectivity index (χ1n) is 9.29. The van der Waals surface area contributed by atoms with Gasteiger partial charge in [0.05, 0.1) is 5.56 Å². The van der Waals surface area contributed by atoms with E-state index in [2.05, 4.69) is 16.0 Å². The highest BCUT2D eigenvalue weighted by Crippen LogP contribution is 2.23. The zero-order chi connectivity index (χ0) is 20.8. The summed E-state index contributed by atoms with van der Waals surface area (Å²) in [5.74, 6) is -1.16. The average Bonchev–Trinajstić information content (AvgIpc) is 2.68. The Labute approximate surface area is 169 Å². The molecule has 0 aromatic heterocycles. The van der Waals surface area contributed by atoms with Crippen LogP contribution in [0.3, 0.4) is 0 Å². The molecule has 5 nitrogen and oxygen atoms in total. The molecule has 6 heteroatoms. The number of hydrogen-bond acceptors (Lipinski definition) is 2. The van der Waals surface area contributed by atoms with Gasteiger partial charge in [-0.3, -0.25) is 4.79 Å². The van der Waals surface area contributed by atoms with E-state index in [-0.39, 0.29) is 11.6 Å². The fourth-order valence-corrected chi connectivity index (χ4v) is 2.83. The molecule has 0 fully saturated rings. The molecule has 148 valence electrons. The number of amides is 3. The summed E-state index contributed by atoms with van der Waals surface area (Å²) in [4.78, 5) is 24.1. The van der Waals surface area contributed by atoms with Crippen molar-refractivity contribution in [3.8, 4) is 11.1 Å². The number of hydrogen-bond donors (Lipinski definition) is 3. The normalized spacial score (nSPS) is 10.3. The van der Waals surface area contributed by atoms with Crippen LogP contribution in [-0.2, 0) is 0 Å². The zero-order valence-electron chi connectivity index (χ0n) is 16.3. The number of benzene rings is 3. The average molecular weight is 391 g/mol. The lowest BCUT2D eigenvalue weighted by molar-refractivity contribution is 0.102. The second-order valence-corrected chi connectivity index (χ2v) is 6.58. The van der Waals surface area contributed by atoms with E-state index in [1.807, 2.05) is 38.1 Å². The number of nitrogens with one attached hydrogen (secondary N) is 3. The minimum absolute atomic E-state index is 0.0528. The van der Waals surface area contributed by atoms with Crippen molar-refractivity contribution < 1.29 is 14.0 Å². The van der Waals surface area contributed by atoms with Crippen molar-refractivity contribution in [2.24, 2.45) is 0 Å². The lowest BCUT2D eigenvalue weighted by Gasteiger charge is -2.10. The Morgan fingerprint density at radius 3 is 2.17 bits per heavy atom. The molecule has 0 radical (unpaired) electrons. The van der Waals surface area contributed by atoms with E-state index < -0.39 is 11.7 Å². The van der Waals surface area contributed by atoms with Gasteiger partial charge in [0, 0.05) is 17.9 Å². The van der Waals surface area contributed by atoms with E-state index >= 15 is 0 Å². The predicted molar refractivity (Wildman–Crippen MR) is 114 cm³/mol. The van der Waals surface area contributed by atoms with Gasteiger partial charge in [0.15, 0.2) is 0 Å². The number of carbonyl (C=O) groups excluding carboxylic acids is 2. The van der Waals surface area contributed by atoms with E-state index in [0.717, 1.165) is 11.1 Å². The highest BCUT2D eigenvalue weighted by Gasteiger charge is 2.13. The molecule has 29 heavy (non-hydrogen) atoms. The molecule has 0 heterocycles. The fourth-order valence-electron chi connectivity index (χ4n) is 2.83. The quantitative estimate of drug-likeness (QED) is 0.560. The van der Waals surface area contributed by atoms with Crippen molar-refractivity contribution in [1.29, 1.82) is 0 Å². The third kappa shape index (κ3) is 5.19. The molecule has 0 bridgehead atoms. The van der Waals surface area contributed by atoms with Crippen LogP contribution in [0.25, 0.3) is 11.1 Å². The smallest absolute Gasteiger partial charge is 0.319 e. The van der Waals surface area contributed by atoms with Crippen molar-refractivity contribution in [2.45, 2.75) is 13.8 Å². The van der Waals surface area contributed by atoms with Gasteiger partial charge in [-0.2, -0.15) is 0 Å². The molecule has 0 aliphatic heterocycles. The Morgan fingerprint density at radius 1 is 0.862 bits per heavy atom. The topological polar surface area (TPSA) is 70.2 Å². The van der Waals surface area contributed by atoms with Crippen LogP contribution in [-0.4, -0.2) is 18.5 Å². The van der Waals surface area contributed by atoms with Crippen LogP contribution < -0.4 is 16.0 Å². The molecule has 0 aliphatic rings. The zero-order valence-corrected chi connectivity index (χ0v) is 16.3. The van der Waals surface area contributed by atoms with Crippen molar-refractivity contribution >= 4 is 23.3 Å². The molecule has 0 aliphatic carbocycles. The Bertz CT molecular complexity index is 1030. The number of anilines is 2. The van der Waals surface area contributed by atoms with Crippen LogP contribution in [0, 0.1) is 12.7 Å². The van der Waals surface area contributed by atoms with Gasteiger partial charge in [0.25, 0.3) is 5.91 Å². The number of rotatable bonds is 5. The van der Waals surface area contributed by atoms with Crippen LogP contribution >= 0.6 is 0 Å². The first-order valence-corrected chi connectivity index (χ1v) is 9.29. The Balaban J connectivity index is 1.74. The largest absolute Gasteiger partial charge is 0.338 e. The van der Waals surface area contributed by atoms with Gasteiger partial charge in [0.2, 0.25) is 0 Å². The molecule has 0 atom stereocenters. The number of aryl methyl sites for hydroxylation is 1. The number of halogens is 1. The van der Waals surface area contributed by atoms with Gasteiger partial charge in [-0.1, -0.05) is 42.0 Å². The third-order valence-electron chi connectivity index (χ3n) is 4.31.